The van der Waals surface area contributed by atoms with E-state index in [2.05, 4.69) is 19.6 Å². The Balaban J connectivity index is 1.40. The number of nitrogens with two attached hydrogens (primary N) is 1. The van der Waals surface area contributed by atoms with Crippen molar-refractivity contribution in [1.82, 2.24) is 15.1 Å². The van der Waals surface area contributed by atoms with Gasteiger partial charge in [0.15, 0.2) is 5.76 Å². The van der Waals surface area contributed by atoms with Crippen molar-refractivity contribution in [3.05, 3.63) is 84.1 Å². The lowest BCUT2D eigenvalue weighted by molar-refractivity contribution is -0.711. The molecular weight excluding hydrogens is 449 g/mol. The van der Waals surface area contributed by atoms with Crippen molar-refractivity contribution in [2.75, 3.05) is 5.73 Å². The van der Waals surface area contributed by atoms with Gasteiger partial charge in [0.1, 0.15) is 12.2 Å². The maximum Gasteiger partial charge on any atom is 0.472 e. The highest BCUT2D eigenvalue weighted by molar-refractivity contribution is 7.46. The number of aromatic nitrogens is 4. The number of phosphoric acid groups is 1. The van der Waals surface area contributed by atoms with Crippen LogP contribution in [0.15, 0.2) is 71.6 Å². The smallest absolute Gasteiger partial charge is 0.471 e. The minimum atomic E-state index is -4.63. The molecule has 0 atom stereocenters. The summed E-state index contributed by atoms with van der Waals surface area (Å²) in [6.07, 6.45) is 5.42. The van der Waals surface area contributed by atoms with E-state index in [-0.39, 0.29) is 5.82 Å². The fraction of sp³-hybridized carbons (Fsp3) is 0.143. The van der Waals surface area contributed by atoms with Crippen LogP contribution >= 0.6 is 7.82 Å². The van der Waals surface area contributed by atoms with Crippen molar-refractivity contribution >= 4 is 13.6 Å². The first kappa shape index (κ1) is 22.6. The summed E-state index contributed by atoms with van der Waals surface area (Å²) in [4.78, 5) is 26.3. The quantitative estimate of drug-likeness (QED) is 0.245. The van der Waals surface area contributed by atoms with E-state index in [1.165, 1.54) is 10.8 Å². The number of nitrogens with zero attached hydrogens (tertiary/aromatic N) is 4. The Morgan fingerprint density at radius 1 is 1.09 bits per heavy atom. The highest BCUT2D eigenvalue weighted by Crippen LogP contribution is 2.35. The Labute approximate surface area is 188 Å². The second kappa shape index (κ2) is 9.88. The third kappa shape index (κ3) is 6.21. The van der Waals surface area contributed by atoms with E-state index in [0.717, 1.165) is 11.3 Å². The van der Waals surface area contributed by atoms with Crippen molar-refractivity contribution in [3.63, 3.8) is 0 Å². The van der Waals surface area contributed by atoms with Gasteiger partial charge < -0.3 is 19.0 Å². The van der Waals surface area contributed by atoms with Crippen molar-refractivity contribution in [3.8, 4) is 17.2 Å². The predicted molar refractivity (Wildman–Crippen MR) is 115 cm³/mol. The maximum atomic E-state index is 10.9. The van der Waals surface area contributed by atoms with E-state index >= 15 is 0 Å². The lowest BCUT2D eigenvalue weighted by Crippen LogP contribution is -2.38. The molecular formula is C21H21N5O6P+. The normalized spacial score (nSPS) is 11.5. The van der Waals surface area contributed by atoms with Crippen LogP contribution in [0.3, 0.4) is 0 Å². The Morgan fingerprint density at radius 2 is 1.97 bits per heavy atom. The topological polar surface area (TPSA) is 158 Å². The Hall–Kier alpha value is -3.63. The summed E-state index contributed by atoms with van der Waals surface area (Å²) in [5.41, 5.74) is 9.01. The number of phosphoric ester groups is 1. The van der Waals surface area contributed by atoms with Crippen LogP contribution in [0.25, 0.3) is 11.3 Å². The second-order valence-corrected chi connectivity index (χ2v) is 8.24. The fourth-order valence-corrected chi connectivity index (χ4v) is 3.26. The average Bonchev–Trinajstić information content (AvgIpc) is 3.26. The number of nitrogen functional groups attached to an aromatic ring is 1. The summed E-state index contributed by atoms with van der Waals surface area (Å²) in [6.45, 7) is -0.0805. The number of hydrogen-bond acceptors (Lipinski definition) is 8. The van der Waals surface area contributed by atoms with Gasteiger partial charge in [0.2, 0.25) is 12.6 Å². The summed E-state index contributed by atoms with van der Waals surface area (Å²) in [5, 5.41) is 4.08. The molecule has 11 nitrogen and oxygen atoms in total. The van der Waals surface area contributed by atoms with Gasteiger partial charge in [-0.15, -0.1) is 0 Å². The molecule has 0 aliphatic rings. The second-order valence-electron chi connectivity index (χ2n) is 7.00. The summed E-state index contributed by atoms with van der Waals surface area (Å²) in [5.74, 6) is 1.12. The van der Waals surface area contributed by atoms with E-state index in [1.54, 1.807) is 36.7 Å². The van der Waals surface area contributed by atoms with E-state index < -0.39 is 14.6 Å². The minimum absolute atomic E-state index is 0.213. The van der Waals surface area contributed by atoms with Gasteiger partial charge in [-0.1, -0.05) is 17.3 Å². The summed E-state index contributed by atoms with van der Waals surface area (Å²) >= 11 is 0. The van der Waals surface area contributed by atoms with Crippen LogP contribution in [0.1, 0.15) is 17.0 Å². The van der Waals surface area contributed by atoms with Crippen LogP contribution in [0, 0.1) is 0 Å². The van der Waals surface area contributed by atoms with Gasteiger partial charge in [-0.25, -0.2) is 18.6 Å². The Morgan fingerprint density at radius 3 is 2.70 bits per heavy atom. The monoisotopic (exact) mass is 470 g/mol. The molecule has 0 aromatic carbocycles. The largest absolute Gasteiger partial charge is 0.472 e. The molecule has 4 aromatic rings. The number of ether oxygens (including phenoxy) is 1. The van der Waals surface area contributed by atoms with Crippen LogP contribution in [0.4, 0.5) is 5.82 Å². The Kier molecular flexibility index (Phi) is 6.76. The van der Waals surface area contributed by atoms with Gasteiger partial charge in [0.05, 0.1) is 17.6 Å². The van der Waals surface area contributed by atoms with E-state index in [0.29, 0.717) is 35.9 Å². The molecule has 0 saturated heterocycles. The van der Waals surface area contributed by atoms with Gasteiger partial charge in [0, 0.05) is 30.9 Å². The van der Waals surface area contributed by atoms with Gasteiger partial charge >= 0.3 is 7.82 Å². The van der Waals surface area contributed by atoms with Crippen molar-refractivity contribution in [1.29, 1.82) is 0 Å². The molecule has 4 N–H and O–H groups in total. The molecule has 4 aromatic heterocycles. The highest BCUT2D eigenvalue weighted by Gasteiger charge is 2.20. The first-order chi connectivity index (χ1) is 15.9. The zero-order chi connectivity index (χ0) is 23.3. The summed E-state index contributed by atoms with van der Waals surface area (Å²) in [6, 6.07) is 14.4. The molecule has 4 heterocycles. The Bertz CT molecular complexity index is 1260. The summed E-state index contributed by atoms with van der Waals surface area (Å²) in [7, 11) is -4.63. The zero-order valence-electron chi connectivity index (χ0n) is 17.3. The molecule has 4 rings (SSSR count). The molecule has 0 spiro atoms. The van der Waals surface area contributed by atoms with Crippen LogP contribution in [0.5, 0.6) is 5.88 Å². The van der Waals surface area contributed by atoms with Gasteiger partial charge in [-0.05, 0) is 29.8 Å². The molecule has 170 valence electrons. The minimum Gasteiger partial charge on any atom is -0.471 e. The van der Waals surface area contributed by atoms with Crippen LogP contribution in [-0.2, 0) is 28.8 Å². The van der Waals surface area contributed by atoms with E-state index in [9.17, 15) is 4.57 Å². The molecule has 0 bridgehead atoms. The molecule has 12 heteroatoms. The first-order valence-electron chi connectivity index (χ1n) is 9.79. The SMILES string of the molecule is Nc1c(-c2cc(Cc3ccc(OCc4ccccn4)nc3)no2)ccc[n+]1COP(=O)(O)O. The van der Waals surface area contributed by atoms with Gasteiger partial charge in [-0.2, -0.15) is 0 Å². The molecule has 0 saturated carbocycles. The van der Waals surface area contributed by atoms with Crippen molar-refractivity contribution in [2.24, 2.45) is 0 Å². The number of hydrogen-bond donors (Lipinski definition) is 3. The zero-order valence-corrected chi connectivity index (χ0v) is 18.2. The molecule has 0 amide bonds. The van der Waals surface area contributed by atoms with Crippen LogP contribution in [-0.4, -0.2) is 24.9 Å². The van der Waals surface area contributed by atoms with Gasteiger partial charge in [0.25, 0.3) is 5.82 Å². The van der Waals surface area contributed by atoms with Crippen LogP contribution < -0.4 is 15.0 Å². The lowest BCUT2D eigenvalue weighted by atomic mass is 10.1. The highest BCUT2D eigenvalue weighted by atomic mass is 31.2. The number of anilines is 1. The third-order valence-electron chi connectivity index (χ3n) is 4.58. The average molecular weight is 470 g/mol. The van der Waals surface area contributed by atoms with Crippen molar-refractivity contribution < 1.29 is 32.7 Å². The fourth-order valence-electron chi connectivity index (χ4n) is 2.99. The molecule has 0 aliphatic heterocycles. The number of pyridine rings is 3. The molecule has 0 aliphatic carbocycles. The standard InChI is InChI=1S/C21H20N5O6P/c22-21-18(5-3-9-26(21)14-31-33(27,28)29)19-11-17(25-32-19)10-15-6-7-20(24-12-15)30-13-16-4-1-2-8-23-16/h1-9,11-12,22H,10,13-14H2,(H2,27,28,29)/p+1. The maximum absolute atomic E-state index is 10.9. The van der Waals surface area contributed by atoms with E-state index in [1.807, 2.05) is 24.3 Å². The van der Waals surface area contributed by atoms with Crippen molar-refractivity contribution in [2.45, 2.75) is 19.8 Å². The van der Waals surface area contributed by atoms with Gasteiger partial charge in [-0.3, -0.25) is 10.7 Å². The number of rotatable bonds is 9. The van der Waals surface area contributed by atoms with Crippen LogP contribution in [0.2, 0.25) is 0 Å². The third-order valence-corrected chi connectivity index (χ3v) is 5.03. The molecule has 0 unspecified atom stereocenters. The summed E-state index contributed by atoms with van der Waals surface area (Å²) < 4.78 is 27.9. The molecule has 33 heavy (non-hydrogen) atoms. The van der Waals surface area contributed by atoms with E-state index in [4.69, 9.17) is 24.8 Å². The first-order valence-corrected chi connectivity index (χ1v) is 11.3. The molecule has 0 radical (unpaired) electrons. The molecule has 0 fully saturated rings. The predicted octanol–water partition coefficient (Wildman–Crippen LogP) is 2.24. The lowest BCUT2D eigenvalue weighted by Gasteiger charge is -2.07.